The molecule has 35 heavy (non-hydrogen) atoms. The zero-order valence-electron chi connectivity index (χ0n) is 20.6. The van der Waals surface area contributed by atoms with Gasteiger partial charge in [0, 0.05) is 47.7 Å². The van der Waals surface area contributed by atoms with E-state index in [0.717, 1.165) is 37.0 Å². The first-order valence-electron chi connectivity index (χ1n) is 12.2. The SMILES string of the molecule is COc1ccc(CN(C(=N)CCc2c[nH]c3ccccc23)C(=N)CNCC2CCCN2)c(OC)c1. The van der Waals surface area contributed by atoms with E-state index in [2.05, 4.69) is 27.8 Å². The molecule has 8 nitrogen and oxygen atoms in total. The molecule has 186 valence electrons. The molecule has 1 aliphatic heterocycles. The number of amidine groups is 2. The van der Waals surface area contributed by atoms with Gasteiger partial charge in [-0.05, 0) is 49.6 Å². The molecule has 4 rings (SSSR count). The predicted octanol–water partition coefficient (Wildman–Crippen LogP) is 3.92. The van der Waals surface area contributed by atoms with Crippen LogP contribution in [0.5, 0.6) is 11.5 Å². The Morgan fingerprint density at radius 2 is 1.94 bits per heavy atom. The number of nitrogens with one attached hydrogen (secondary N) is 5. The topological polar surface area (TPSA) is 109 Å². The molecule has 0 aliphatic carbocycles. The third kappa shape index (κ3) is 6.21. The Balaban J connectivity index is 1.47. The lowest BCUT2D eigenvalue weighted by Crippen LogP contribution is -2.43. The van der Waals surface area contributed by atoms with Crippen molar-refractivity contribution in [1.29, 1.82) is 10.8 Å². The smallest absolute Gasteiger partial charge is 0.127 e. The Morgan fingerprint density at radius 1 is 1.09 bits per heavy atom. The molecule has 1 fully saturated rings. The second-order valence-electron chi connectivity index (χ2n) is 8.94. The van der Waals surface area contributed by atoms with Crippen LogP contribution < -0.4 is 20.1 Å². The number of aryl methyl sites for hydroxylation is 1. The van der Waals surface area contributed by atoms with E-state index in [1.165, 1.54) is 17.4 Å². The van der Waals surface area contributed by atoms with Crippen molar-refractivity contribution in [2.45, 2.75) is 38.3 Å². The van der Waals surface area contributed by atoms with Crippen LogP contribution in [-0.4, -0.2) is 61.5 Å². The van der Waals surface area contributed by atoms with E-state index in [-0.39, 0.29) is 0 Å². The van der Waals surface area contributed by atoms with Gasteiger partial charge in [0.25, 0.3) is 0 Å². The molecule has 0 bridgehead atoms. The first kappa shape index (κ1) is 24.8. The lowest BCUT2D eigenvalue weighted by Gasteiger charge is -2.27. The summed E-state index contributed by atoms with van der Waals surface area (Å²) in [7, 11) is 3.26. The Bertz CT molecular complexity index is 1150. The summed E-state index contributed by atoms with van der Waals surface area (Å²) in [5.74, 6) is 2.20. The lowest BCUT2D eigenvalue weighted by atomic mass is 10.1. The fraction of sp³-hybridized carbons (Fsp3) is 0.407. The van der Waals surface area contributed by atoms with E-state index < -0.39 is 0 Å². The van der Waals surface area contributed by atoms with Gasteiger partial charge in [-0.25, -0.2) is 0 Å². The van der Waals surface area contributed by atoms with Crippen molar-refractivity contribution in [3.8, 4) is 11.5 Å². The largest absolute Gasteiger partial charge is 0.497 e. The molecular formula is C27H36N6O2. The highest BCUT2D eigenvalue weighted by Gasteiger charge is 2.20. The third-order valence-electron chi connectivity index (χ3n) is 6.63. The molecule has 2 heterocycles. The van der Waals surface area contributed by atoms with Crippen molar-refractivity contribution < 1.29 is 9.47 Å². The number of hydrogen-bond donors (Lipinski definition) is 5. The number of aromatic amines is 1. The average Bonchev–Trinajstić information content (AvgIpc) is 3.55. The number of H-pyrrole nitrogens is 1. The molecule has 2 aromatic carbocycles. The molecule has 1 atom stereocenters. The van der Waals surface area contributed by atoms with Gasteiger partial charge >= 0.3 is 0 Å². The zero-order chi connectivity index (χ0) is 24.6. The Hall–Kier alpha value is -3.36. The van der Waals surface area contributed by atoms with E-state index in [1.54, 1.807) is 19.1 Å². The maximum atomic E-state index is 8.91. The highest BCUT2D eigenvalue weighted by Crippen LogP contribution is 2.26. The van der Waals surface area contributed by atoms with Crippen LogP contribution in [0.25, 0.3) is 10.9 Å². The first-order chi connectivity index (χ1) is 17.1. The monoisotopic (exact) mass is 476 g/mol. The fourth-order valence-electron chi connectivity index (χ4n) is 4.62. The van der Waals surface area contributed by atoms with Crippen LogP contribution in [0.2, 0.25) is 0 Å². The summed E-state index contributed by atoms with van der Waals surface area (Å²) in [4.78, 5) is 5.10. The summed E-state index contributed by atoms with van der Waals surface area (Å²) in [5.41, 5.74) is 3.20. The van der Waals surface area contributed by atoms with Crippen molar-refractivity contribution in [3.05, 3.63) is 59.8 Å². The molecule has 1 saturated heterocycles. The van der Waals surface area contributed by atoms with Gasteiger partial charge in [-0.15, -0.1) is 0 Å². The van der Waals surface area contributed by atoms with Crippen molar-refractivity contribution in [3.63, 3.8) is 0 Å². The van der Waals surface area contributed by atoms with Gasteiger partial charge in [0.2, 0.25) is 0 Å². The number of para-hydroxylation sites is 1. The molecule has 1 aromatic heterocycles. The number of nitrogens with zero attached hydrogens (tertiary/aromatic N) is 1. The third-order valence-corrected chi connectivity index (χ3v) is 6.63. The summed E-state index contributed by atoms with van der Waals surface area (Å²) >= 11 is 0. The maximum absolute atomic E-state index is 8.91. The minimum absolute atomic E-state index is 0.379. The highest BCUT2D eigenvalue weighted by molar-refractivity contribution is 5.99. The fourth-order valence-corrected chi connectivity index (χ4v) is 4.62. The number of ether oxygens (including phenoxy) is 2. The average molecular weight is 477 g/mol. The molecular weight excluding hydrogens is 440 g/mol. The number of aromatic nitrogens is 1. The standard InChI is InChI=1S/C27H36N6O2/c1-34-22-11-9-20(25(14-22)35-2)18-33(27(29)17-30-16-21-6-5-13-31-21)26(28)12-10-19-15-32-24-8-4-3-7-23(19)24/h3-4,7-9,11,14-15,21,28-32H,5-6,10,12-13,16-18H2,1-2H3. The molecule has 8 heteroatoms. The predicted molar refractivity (Wildman–Crippen MR) is 141 cm³/mol. The van der Waals surface area contributed by atoms with Crippen molar-refractivity contribution in [2.75, 3.05) is 33.9 Å². The van der Waals surface area contributed by atoms with E-state index in [4.69, 9.17) is 20.3 Å². The molecule has 1 aliphatic rings. The van der Waals surface area contributed by atoms with Crippen molar-refractivity contribution in [1.82, 2.24) is 20.5 Å². The van der Waals surface area contributed by atoms with E-state index >= 15 is 0 Å². The minimum atomic E-state index is 0.379. The normalized spacial score (nSPS) is 15.3. The van der Waals surface area contributed by atoms with Crippen LogP contribution in [0, 0.1) is 10.8 Å². The van der Waals surface area contributed by atoms with Gasteiger partial charge in [0.15, 0.2) is 0 Å². The van der Waals surface area contributed by atoms with Crippen LogP contribution >= 0.6 is 0 Å². The minimum Gasteiger partial charge on any atom is -0.497 e. The van der Waals surface area contributed by atoms with Crippen molar-refractivity contribution >= 4 is 22.6 Å². The maximum Gasteiger partial charge on any atom is 0.127 e. The second-order valence-corrected chi connectivity index (χ2v) is 8.94. The number of fused-ring (bicyclic) bond motifs is 1. The molecule has 0 saturated carbocycles. The van der Waals surface area contributed by atoms with Gasteiger partial charge in [-0.3, -0.25) is 10.8 Å². The van der Waals surface area contributed by atoms with E-state index in [0.29, 0.717) is 48.7 Å². The van der Waals surface area contributed by atoms with Crippen LogP contribution in [-0.2, 0) is 13.0 Å². The summed E-state index contributed by atoms with van der Waals surface area (Å²) < 4.78 is 10.9. The van der Waals surface area contributed by atoms with E-state index in [9.17, 15) is 0 Å². The lowest BCUT2D eigenvalue weighted by molar-refractivity contribution is 0.387. The van der Waals surface area contributed by atoms with Gasteiger partial charge < -0.3 is 30.0 Å². The number of hydrogen-bond acceptors (Lipinski definition) is 6. The quantitative estimate of drug-likeness (QED) is 0.213. The summed E-state index contributed by atoms with van der Waals surface area (Å²) in [6, 6.07) is 14.4. The second kappa shape index (κ2) is 11.9. The summed E-state index contributed by atoms with van der Waals surface area (Å²) in [5, 5.41) is 25.8. The Morgan fingerprint density at radius 3 is 2.71 bits per heavy atom. The number of methoxy groups -OCH3 is 2. The first-order valence-corrected chi connectivity index (χ1v) is 12.2. The Kier molecular flexibility index (Phi) is 8.39. The molecule has 1 unspecified atom stereocenters. The summed E-state index contributed by atoms with van der Waals surface area (Å²) in [6.45, 7) is 2.69. The van der Waals surface area contributed by atoms with Gasteiger partial charge in [0.1, 0.15) is 23.2 Å². The zero-order valence-corrected chi connectivity index (χ0v) is 20.6. The number of rotatable bonds is 11. The molecule has 3 aromatic rings. The van der Waals surface area contributed by atoms with E-state index in [1.807, 2.05) is 36.5 Å². The van der Waals surface area contributed by atoms with Crippen LogP contribution in [0.4, 0.5) is 0 Å². The highest BCUT2D eigenvalue weighted by atomic mass is 16.5. The molecule has 5 N–H and O–H groups in total. The summed E-state index contributed by atoms with van der Waals surface area (Å²) in [6.07, 6.45) is 5.65. The molecule has 0 spiro atoms. The van der Waals surface area contributed by atoms with Crippen molar-refractivity contribution in [2.24, 2.45) is 0 Å². The van der Waals surface area contributed by atoms with Crippen LogP contribution in [0.15, 0.2) is 48.7 Å². The molecule has 0 amide bonds. The Labute approximate surface area is 207 Å². The van der Waals surface area contributed by atoms with Crippen LogP contribution in [0.3, 0.4) is 0 Å². The molecule has 0 radical (unpaired) electrons. The van der Waals surface area contributed by atoms with Gasteiger partial charge in [-0.2, -0.15) is 0 Å². The van der Waals surface area contributed by atoms with Gasteiger partial charge in [0.05, 0.1) is 27.3 Å². The number of benzene rings is 2. The van der Waals surface area contributed by atoms with Gasteiger partial charge in [-0.1, -0.05) is 18.2 Å². The van der Waals surface area contributed by atoms with Crippen LogP contribution in [0.1, 0.15) is 30.4 Å².